The van der Waals surface area contributed by atoms with Crippen LogP contribution in [0.5, 0.6) is 0 Å². The number of primary amides is 1. The SMILES string of the molecule is CC(C)(C)CC(=O)NC(Cc1ccccc1)C(O)C[C@]1(Cc2ccccc2)NC=C(C2CC(CC(N)=O)c3ccccc32)C1=O. The maximum atomic E-state index is 14.7. The summed E-state index contributed by atoms with van der Waals surface area (Å²) in [4.78, 5) is 39.7. The molecule has 5 N–H and O–H groups in total. The van der Waals surface area contributed by atoms with E-state index < -0.39 is 17.7 Å². The monoisotopic (exact) mass is 607 g/mol. The Morgan fingerprint density at radius 1 is 0.956 bits per heavy atom. The summed E-state index contributed by atoms with van der Waals surface area (Å²) >= 11 is 0. The number of hydrogen-bond donors (Lipinski definition) is 4. The Kier molecular flexibility index (Phi) is 9.59. The van der Waals surface area contributed by atoms with Crippen molar-refractivity contribution in [3.8, 4) is 0 Å². The van der Waals surface area contributed by atoms with Crippen LogP contribution in [0, 0.1) is 5.41 Å². The van der Waals surface area contributed by atoms with E-state index in [1.807, 2.05) is 112 Å². The molecule has 45 heavy (non-hydrogen) atoms. The largest absolute Gasteiger partial charge is 0.391 e. The molecule has 5 rings (SSSR count). The maximum Gasteiger partial charge on any atom is 0.220 e. The quantitative estimate of drug-likeness (QED) is 0.229. The van der Waals surface area contributed by atoms with E-state index in [9.17, 15) is 19.5 Å². The molecule has 2 amide bonds. The van der Waals surface area contributed by atoms with Gasteiger partial charge >= 0.3 is 0 Å². The van der Waals surface area contributed by atoms with Crippen molar-refractivity contribution in [2.24, 2.45) is 11.1 Å². The lowest BCUT2D eigenvalue weighted by Crippen LogP contribution is -2.55. The van der Waals surface area contributed by atoms with Gasteiger partial charge in [-0.3, -0.25) is 14.4 Å². The van der Waals surface area contributed by atoms with Gasteiger partial charge in [0.15, 0.2) is 5.78 Å². The number of carbonyl (C=O) groups excluding carboxylic acids is 3. The molecule has 7 heteroatoms. The van der Waals surface area contributed by atoms with Crippen LogP contribution in [0.15, 0.2) is 96.7 Å². The van der Waals surface area contributed by atoms with Gasteiger partial charge in [0, 0.05) is 43.4 Å². The molecule has 3 aromatic rings. The predicted molar refractivity (Wildman–Crippen MR) is 176 cm³/mol. The smallest absolute Gasteiger partial charge is 0.220 e. The number of fused-ring (bicyclic) bond motifs is 1. The fourth-order valence-corrected chi connectivity index (χ4v) is 7.04. The molecule has 0 fully saturated rings. The molecule has 0 radical (unpaired) electrons. The van der Waals surface area contributed by atoms with Crippen molar-refractivity contribution in [1.82, 2.24) is 10.6 Å². The zero-order valence-corrected chi connectivity index (χ0v) is 26.5. The highest BCUT2D eigenvalue weighted by molar-refractivity contribution is 6.06. The second kappa shape index (κ2) is 13.4. The summed E-state index contributed by atoms with van der Waals surface area (Å²) < 4.78 is 0. The van der Waals surface area contributed by atoms with E-state index in [1.54, 1.807) is 0 Å². The minimum atomic E-state index is -1.11. The van der Waals surface area contributed by atoms with Gasteiger partial charge in [-0.05, 0) is 46.4 Å². The first-order valence-electron chi connectivity index (χ1n) is 15.9. The van der Waals surface area contributed by atoms with Gasteiger partial charge in [0.05, 0.1) is 12.1 Å². The molecule has 4 unspecified atom stereocenters. The fourth-order valence-electron chi connectivity index (χ4n) is 7.04. The normalized spacial score (nSPS) is 22.2. The van der Waals surface area contributed by atoms with E-state index in [0.717, 1.165) is 22.3 Å². The van der Waals surface area contributed by atoms with Crippen molar-refractivity contribution >= 4 is 17.6 Å². The maximum absolute atomic E-state index is 14.7. The molecule has 2 aliphatic rings. The minimum absolute atomic E-state index is 0.0552. The van der Waals surface area contributed by atoms with Gasteiger partial charge in [-0.25, -0.2) is 0 Å². The van der Waals surface area contributed by atoms with Crippen molar-refractivity contribution in [1.29, 1.82) is 0 Å². The Bertz CT molecular complexity index is 1550. The number of benzene rings is 3. The van der Waals surface area contributed by atoms with E-state index in [4.69, 9.17) is 5.73 Å². The van der Waals surface area contributed by atoms with Gasteiger partial charge in [-0.15, -0.1) is 0 Å². The number of aliphatic hydroxyl groups excluding tert-OH is 1. The Labute approximate surface area is 266 Å². The average Bonchev–Trinajstić information content (AvgIpc) is 3.49. The highest BCUT2D eigenvalue weighted by Crippen LogP contribution is 2.49. The summed E-state index contributed by atoms with van der Waals surface area (Å²) in [6, 6.07) is 26.9. The molecule has 1 aliphatic carbocycles. The zero-order chi connectivity index (χ0) is 32.2. The number of hydrogen-bond acceptors (Lipinski definition) is 5. The zero-order valence-electron chi connectivity index (χ0n) is 26.5. The molecule has 0 saturated carbocycles. The van der Waals surface area contributed by atoms with Crippen LogP contribution in [0.2, 0.25) is 0 Å². The first-order valence-corrected chi connectivity index (χ1v) is 15.9. The summed E-state index contributed by atoms with van der Waals surface area (Å²) in [5, 5.41) is 18.5. The third kappa shape index (κ3) is 7.71. The van der Waals surface area contributed by atoms with E-state index >= 15 is 0 Å². The molecule has 0 saturated heterocycles. The lowest BCUT2D eigenvalue weighted by atomic mass is 9.77. The van der Waals surface area contributed by atoms with Crippen molar-refractivity contribution in [2.45, 2.75) is 88.8 Å². The van der Waals surface area contributed by atoms with E-state index in [1.165, 1.54) is 0 Å². The highest BCUT2D eigenvalue weighted by Gasteiger charge is 2.49. The van der Waals surface area contributed by atoms with Crippen LogP contribution in [0.25, 0.3) is 0 Å². The van der Waals surface area contributed by atoms with E-state index in [0.29, 0.717) is 31.3 Å². The van der Waals surface area contributed by atoms with E-state index in [2.05, 4.69) is 10.6 Å². The summed E-state index contributed by atoms with van der Waals surface area (Å²) in [7, 11) is 0. The van der Waals surface area contributed by atoms with Crippen LogP contribution in [-0.2, 0) is 27.2 Å². The predicted octanol–water partition coefficient (Wildman–Crippen LogP) is 5.09. The fraction of sp³-hybridized carbons (Fsp3) is 0.395. The van der Waals surface area contributed by atoms with Crippen LogP contribution in [0.1, 0.15) is 80.5 Å². The van der Waals surface area contributed by atoms with Gasteiger partial charge < -0.3 is 21.5 Å². The van der Waals surface area contributed by atoms with Gasteiger partial charge in [0.25, 0.3) is 0 Å². The van der Waals surface area contributed by atoms with Crippen LogP contribution in [0.3, 0.4) is 0 Å². The molecule has 0 spiro atoms. The summed E-state index contributed by atoms with van der Waals surface area (Å²) in [5.74, 6) is -0.802. The molecule has 1 heterocycles. The van der Waals surface area contributed by atoms with Gasteiger partial charge in [0.2, 0.25) is 11.8 Å². The number of rotatable bonds is 12. The number of nitrogens with two attached hydrogens (primary N) is 1. The third-order valence-corrected chi connectivity index (χ3v) is 9.06. The first-order chi connectivity index (χ1) is 21.4. The van der Waals surface area contributed by atoms with E-state index in [-0.39, 0.29) is 47.7 Å². The summed E-state index contributed by atoms with van der Waals surface area (Å²) in [5.41, 5.74) is 8.97. The second-order valence-electron chi connectivity index (χ2n) is 14.0. The molecular formula is C38H45N3O4. The van der Waals surface area contributed by atoms with Crippen molar-refractivity contribution in [3.63, 3.8) is 0 Å². The van der Waals surface area contributed by atoms with Crippen molar-refractivity contribution in [3.05, 3.63) is 119 Å². The van der Waals surface area contributed by atoms with Crippen LogP contribution in [-0.4, -0.2) is 40.4 Å². The Hall–Kier alpha value is -4.23. The number of carbonyl (C=O) groups is 3. The van der Waals surface area contributed by atoms with Gasteiger partial charge in [0.1, 0.15) is 5.54 Å². The second-order valence-corrected chi connectivity index (χ2v) is 14.0. The standard InChI is InChI=1S/C38H45N3O4/c1-37(2,3)23-35(44)41-32(18-25-12-6-4-7-13-25)33(42)22-38(21-26-14-8-5-9-15-26)36(45)31(24-40-38)30-19-27(20-34(39)43)28-16-10-11-17-29(28)30/h4-17,24,27,30,32-33,40,42H,18-23H2,1-3H3,(H2,39,43)(H,41,44)/t27?,30?,32?,33?,38-/m0/s1. The number of aliphatic hydroxyl groups is 1. The molecule has 3 aromatic carbocycles. The summed E-state index contributed by atoms with van der Waals surface area (Å²) in [6.45, 7) is 6.02. The first kappa shape index (κ1) is 32.2. The molecule has 7 nitrogen and oxygen atoms in total. The number of Topliss-reactive ketones (excluding diaryl/α,β-unsaturated/α-hetero) is 1. The van der Waals surface area contributed by atoms with Crippen molar-refractivity contribution in [2.75, 3.05) is 0 Å². The molecular weight excluding hydrogens is 562 g/mol. The number of ketones is 1. The third-order valence-electron chi connectivity index (χ3n) is 9.06. The average molecular weight is 608 g/mol. The van der Waals surface area contributed by atoms with Crippen LogP contribution >= 0.6 is 0 Å². The number of nitrogens with one attached hydrogen (secondary N) is 2. The Morgan fingerprint density at radius 3 is 2.18 bits per heavy atom. The topological polar surface area (TPSA) is 122 Å². The Balaban J connectivity index is 1.44. The lowest BCUT2D eigenvalue weighted by Gasteiger charge is -2.35. The van der Waals surface area contributed by atoms with Crippen LogP contribution in [0.4, 0.5) is 0 Å². The van der Waals surface area contributed by atoms with Crippen LogP contribution < -0.4 is 16.4 Å². The molecule has 236 valence electrons. The molecule has 5 atom stereocenters. The van der Waals surface area contributed by atoms with Crippen molar-refractivity contribution < 1.29 is 19.5 Å². The summed E-state index contributed by atoms with van der Waals surface area (Å²) in [6.07, 6.45) is 2.87. The molecule has 0 aromatic heterocycles. The number of amides is 2. The minimum Gasteiger partial charge on any atom is -0.391 e. The lowest BCUT2D eigenvalue weighted by molar-refractivity contribution is -0.125. The molecule has 1 aliphatic heterocycles. The Morgan fingerprint density at radius 2 is 1.56 bits per heavy atom. The highest BCUT2D eigenvalue weighted by atomic mass is 16.3. The van der Waals surface area contributed by atoms with Gasteiger partial charge in [-0.1, -0.05) is 106 Å². The van der Waals surface area contributed by atoms with Gasteiger partial charge in [-0.2, -0.15) is 0 Å². The molecule has 0 bridgehead atoms.